The van der Waals surface area contributed by atoms with Crippen molar-refractivity contribution < 1.29 is 18.0 Å². The number of fused-ring (bicyclic) bond motifs is 1. The van der Waals surface area contributed by atoms with E-state index >= 15 is 0 Å². The van der Waals surface area contributed by atoms with Crippen LogP contribution in [0, 0.1) is 0 Å². The highest BCUT2D eigenvalue weighted by Gasteiger charge is 2.41. The molecule has 0 radical (unpaired) electrons. The van der Waals surface area contributed by atoms with Gasteiger partial charge in [-0.15, -0.1) is 0 Å². The molecule has 0 amide bonds. The van der Waals surface area contributed by atoms with E-state index in [0.29, 0.717) is 6.54 Å². The molecule has 0 bridgehead atoms. The molecule has 0 saturated heterocycles. The fourth-order valence-electron chi connectivity index (χ4n) is 2.08. The van der Waals surface area contributed by atoms with E-state index in [2.05, 4.69) is 10.3 Å². The Balaban J connectivity index is 2.66. The van der Waals surface area contributed by atoms with Gasteiger partial charge in [-0.05, 0) is 13.8 Å². The van der Waals surface area contributed by atoms with Crippen molar-refractivity contribution in [2.45, 2.75) is 32.1 Å². The van der Waals surface area contributed by atoms with Crippen molar-refractivity contribution in [1.82, 2.24) is 14.9 Å². The highest BCUT2D eigenvalue weighted by atomic mass is 19.4. The third-order valence-corrected chi connectivity index (χ3v) is 2.90. The molecule has 0 aliphatic carbocycles. The third-order valence-electron chi connectivity index (χ3n) is 2.90. The molecule has 0 fully saturated rings. The van der Waals surface area contributed by atoms with Crippen molar-refractivity contribution in [3.8, 4) is 0 Å². The number of hydrogen-bond donors (Lipinski definition) is 1. The van der Waals surface area contributed by atoms with Gasteiger partial charge in [0.25, 0.3) is 0 Å². The summed E-state index contributed by atoms with van der Waals surface area (Å²) >= 11 is 0. The zero-order valence-corrected chi connectivity index (χ0v) is 9.38. The quantitative estimate of drug-likeness (QED) is 0.771. The minimum absolute atomic E-state index is 0.218. The highest BCUT2D eigenvalue weighted by molar-refractivity contribution is 5.75. The van der Waals surface area contributed by atoms with E-state index in [9.17, 15) is 18.0 Å². The van der Waals surface area contributed by atoms with E-state index in [1.165, 1.54) is 4.57 Å². The third kappa shape index (κ3) is 1.84. The molecule has 4 nitrogen and oxygen atoms in total. The summed E-state index contributed by atoms with van der Waals surface area (Å²) in [4.78, 5) is 14.4. The Bertz CT molecular complexity index is 452. The maximum Gasteiger partial charge on any atom is 0.435 e. The number of rotatable bonds is 1. The van der Waals surface area contributed by atoms with Gasteiger partial charge in [-0.2, -0.15) is 13.2 Å². The lowest BCUT2D eigenvalue weighted by Crippen LogP contribution is -2.35. The van der Waals surface area contributed by atoms with Gasteiger partial charge < -0.3 is 9.88 Å². The Morgan fingerprint density at radius 1 is 1.47 bits per heavy atom. The van der Waals surface area contributed by atoms with Crippen LogP contribution in [0.25, 0.3) is 0 Å². The van der Waals surface area contributed by atoms with Crippen LogP contribution in [0.3, 0.4) is 0 Å². The second-order valence-electron chi connectivity index (χ2n) is 4.17. The van der Waals surface area contributed by atoms with Crippen LogP contribution in [0.4, 0.5) is 13.2 Å². The maximum absolute atomic E-state index is 12.7. The average molecular weight is 247 g/mol. The Morgan fingerprint density at radius 3 is 2.65 bits per heavy atom. The fraction of sp³-hybridized carbons (Fsp3) is 0.600. The molecule has 94 valence electrons. The minimum atomic E-state index is -4.60. The molecule has 2 rings (SSSR count). The van der Waals surface area contributed by atoms with Crippen LogP contribution in [-0.2, 0) is 6.18 Å². The number of carbonyl (C=O) groups excluding carboxylic acids is 1. The SMILES string of the molecule is CC1NCC(C)n2c1nc(C(F)(F)F)c2C=O. The molecule has 2 unspecified atom stereocenters. The number of carbonyl (C=O) groups is 1. The lowest BCUT2D eigenvalue weighted by atomic mass is 10.2. The Hall–Kier alpha value is -1.37. The van der Waals surface area contributed by atoms with Gasteiger partial charge in [0.15, 0.2) is 12.0 Å². The van der Waals surface area contributed by atoms with Crippen molar-refractivity contribution in [3.63, 3.8) is 0 Å². The number of hydrogen-bond acceptors (Lipinski definition) is 3. The molecular weight excluding hydrogens is 235 g/mol. The number of aldehydes is 1. The Morgan fingerprint density at radius 2 is 2.12 bits per heavy atom. The predicted octanol–water partition coefficient (Wildman–Crippen LogP) is 1.94. The Kier molecular flexibility index (Phi) is 2.73. The summed E-state index contributed by atoms with van der Waals surface area (Å²) in [6, 6.07) is -0.508. The number of alkyl halides is 3. The van der Waals surface area contributed by atoms with Gasteiger partial charge in [0.2, 0.25) is 0 Å². The second kappa shape index (κ2) is 3.83. The standard InChI is InChI=1S/C10H12F3N3O/c1-5-3-14-6(2)9-15-8(10(11,12)13)7(4-17)16(5)9/h4-6,14H,3H2,1-2H3. The fourth-order valence-corrected chi connectivity index (χ4v) is 2.08. The highest BCUT2D eigenvalue weighted by Crippen LogP contribution is 2.35. The van der Waals surface area contributed by atoms with Crippen molar-refractivity contribution >= 4 is 6.29 Å². The molecule has 1 aliphatic rings. The first-order valence-corrected chi connectivity index (χ1v) is 5.24. The molecule has 17 heavy (non-hydrogen) atoms. The lowest BCUT2D eigenvalue weighted by molar-refractivity contribution is -0.141. The predicted molar refractivity (Wildman–Crippen MR) is 53.7 cm³/mol. The van der Waals surface area contributed by atoms with Crippen LogP contribution >= 0.6 is 0 Å². The largest absolute Gasteiger partial charge is 0.435 e. The van der Waals surface area contributed by atoms with Crippen molar-refractivity contribution in [2.75, 3.05) is 6.54 Å². The summed E-state index contributed by atoms with van der Waals surface area (Å²) < 4.78 is 39.5. The maximum atomic E-state index is 12.7. The molecule has 1 aromatic rings. The van der Waals surface area contributed by atoms with Crippen LogP contribution in [0.15, 0.2) is 0 Å². The van der Waals surface area contributed by atoms with E-state index < -0.39 is 11.9 Å². The number of aromatic nitrogens is 2. The van der Waals surface area contributed by atoms with E-state index in [1.54, 1.807) is 13.8 Å². The molecule has 0 saturated carbocycles. The molecule has 2 atom stereocenters. The molecule has 0 spiro atoms. The van der Waals surface area contributed by atoms with Crippen molar-refractivity contribution in [1.29, 1.82) is 0 Å². The lowest BCUT2D eigenvalue weighted by Gasteiger charge is -2.28. The zero-order valence-electron chi connectivity index (χ0n) is 9.38. The van der Waals surface area contributed by atoms with E-state index in [-0.39, 0.29) is 29.9 Å². The van der Waals surface area contributed by atoms with Gasteiger partial charge >= 0.3 is 6.18 Å². The second-order valence-corrected chi connectivity index (χ2v) is 4.17. The van der Waals surface area contributed by atoms with Gasteiger partial charge in [0.1, 0.15) is 11.5 Å². The summed E-state index contributed by atoms with van der Waals surface area (Å²) in [7, 11) is 0. The van der Waals surface area contributed by atoms with Gasteiger partial charge in [-0.25, -0.2) is 4.98 Å². The van der Waals surface area contributed by atoms with Crippen molar-refractivity contribution in [3.05, 3.63) is 17.2 Å². The van der Waals surface area contributed by atoms with E-state index in [1.807, 2.05) is 0 Å². The Labute approximate surface area is 95.8 Å². The molecule has 1 N–H and O–H groups in total. The summed E-state index contributed by atoms with van der Waals surface area (Å²) in [6.45, 7) is 3.99. The van der Waals surface area contributed by atoms with Crippen molar-refractivity contribution in [2.24, 2.45) is 0 Å². The first kappa shape index (κ1) is 12.1. The van der Waals surface area contributed by atoms with E-state index in [0.717, 1.165) is 0 Å². The molecule has 1 aliphatic heterocycles. The molecule has 2 heterocycles. The van der Waals surface area contributed by atoms with Gasteiger partial charge in [0.05, 0.1) is 6.04 Å². The summed E-state index contributed by atoms with van der Waals surface area (Å²) in [5, 5.41) is 3.04. The van der Waals surface area contributed by atoms with E-state index in [4.69, 9.17) is 0 Å². The first-order chi connectivity index (χ1) is 7.86. The first-order valence-electron chi connectivity index (χ1n) is 5.24. The van der Waals surface area contributed by atoms with Crippen LogP contribution in [-0.4, -0.2) is 22.4 Å². The van der Waals surface area contributed by atoms with Gasteiger partial charge in [-0.1, -0.05) is 0 Å². The summed E-state index contributed by atoms with van der Waals surface area (Å²) in [5.41, 5.74) is -1.47. The zero-order chi connectivity index (χ0) is 12.8. The molecular formula is C10H12F3N3O. The molecule has 1 aromatic heterocycles. The molecule has 0 aromatic carbocycles. The summed E-state index contributed by atoms with van der Waals surface area (Å²) in [5.74, 6) is 0.262. The van der Waals surface area contributed by atoms with Crippen LogP contribution in [0.5, 0.6) is 0 Å². The van der Waals surface area contributed by atoms with Gasteiger partial charge in [0, 0.05) is 12.6 Å². The normalized spacial score (nSPS) is 24.5. The average Bonchev–Trinajstić information content (AvgIpc) is 2.63. The van der Waals surface area contributed by atoms with Crippen LogP contribution < -0.4 is 5.32 Å². The number of imidazole rings is 1. The monoisotopic (exact) mass is 247 g/mol. The number of halogens is 3. The topological polar surface area (TPSA) is 46.9 Å². The van der Waals surface area contributed by atoms with Crippen LogP contribution in [0.2, 0.25) is 0 Å². The smallest absolute Gasteiger partial charge is 0.320 e. The van der Waals surface area contributed by atoms with Gasteiger partial charge in [-0.3, -0.25) is 4.79 Å². The minimum Gasteiger partial charge on any atom is -0.320 e. The summed E-state index contributed by atoms with van der Waals surface area (Å²) in [6.07, 6.45) is -4.37. The molecule has 7 heteroatoms. The van der Waals surface area contributed by atoms with Crippen LogP contribution in [0.1, 0.15) is 47.9 Å². The number of nitrogens with zero attached hydrogens (tertiary/aromatic N) is 2. The number of nitrogens with one attached hydrogen (secondary N) is 1.